The first-order valence-corrected chi connectivity index (χ1v) is 15.6. The van der Waals surface area contributed by atoms with Gasteiger partial charge in [-0.15, -0.1) is 0 Å². The maximum absolute atomic E-state index is 13.7. The van der Waals surface area contributed by atoms with Gasteiger partial charge in [0.25, 0.3) is 5.89 Å². The minimum atomic E-state index is -3.17. The number of nitrogens with zero attached hydrogens (tertiary/aromatic N) is 3. The number of benzene rings is 1. The number of hydrogen-bond acceptors (Lipinski definition) is 6. The monoisotopic (exact) mass is 535 g/mol. The van der Waals surface area contributed by atoms with Crippen LogP contribution in [0.3, 0.4) is 0 Å². The SMILES string of the molecule is CC1(O)CC(C(=O)N(CC23CCC(c4noc(C(C)(F)F)n4)(CC2)CC3)c2cccc(P(C)(C)=O)c2)C1. The average Bonchev–Trinajstić information content (AvgIpc) is 3.33. The molecule has 2 aromatic rings. The first-order valence-electron chi connectivity index (χ1n) is 13.0. The van der Waals surface area contributed by atoms with Gasteiger partial charge < -0.3 is 19.1 Å². The fraction of sp³-hybridized carbons (Fsp3) is 0.667. The summed E-state index contributed by atoms with van der Waals surface area (Å²) in [6.07, 6.45) is 5.59. The van der Waals surface area contributed by atoms with Gasteiger partial charge in [0.15, 0.2) is 5.82 Å². The van der Waals surface area contributed by atoms with Crippen molar-refractivity contribution in [3.63, 3.8) is 0 Å². The lowest BCUT2D eigenvalue weighted by Crippen LogP contribution is -2.54. The van der Waals surface area contributed by atoms with E-state index in [1.165, 1.54) is 0 Å². The molecule has 0 radical (unpaired) electrons. The molecule has 1 N–H and O–H groups in total. The van der Waals surface area contributed by atoms with Gasteiger partial charge in [-0.1, -0.05) is 17.3 Å². The minimum absolute atomic E-state index is 0.00418. The number of aromatic nitrogens is 2. The van der Waals surface area contributed by atoms with Crippen molar-refractivity contribution in [1.82, 2.24) is 10.1 Å². The summed E-state index contributed by atoms with van der Waals surface area (Å²) in [5.41, 5.74) is -0.554. The molecule has 0 atom stereocenters. The number of fused-ring (bicyclic) bond motifs is 3. The molecule has 1 aromatic carbocycles. The average molecular weight is 536 g/mol. The highest BCUT2D eigenvalue weighted by Crippen LogP contribution is 2.58. The van der Waals surface area contributed by atoms with E-state index < -0.39 is 24.6 Å². The molecule has 1 amide bonds. The predicted molar refractivity (Wildman–Crippen MR) is 137 cm³/mol. The van der Waals surface area contributed by atoms with E-state index in [2.05, 4.69) is 10.1 Å². The summed E-state index contributed by atoms with van der Waals surface area (Å²) in [5.74, 6) is -3.69. The van der Waals surface area contributed by atoms with Crippen LogP contribution in [-0.2, 0) is 20.7 Å². The third kappa shape index (κ3) is 5.01. The first-order chi connectivity index (χ1) is 17.1. The van der Waals surface area contributed by atoms with Crippen LogP contribution < -0.4 is 10.2 Å². The largest absolute Gasteiger partial charge is 0.390 e. The van der Waals surface area contributed by atoms with Gasteiger partial charge in [0, 0.05) is 35.8 Å². The number of alkyl halides is 2. The Morgan fingerprint density at radius 3 is 2.32 bits per heavy atom. The van der Waals surface area contributed by atoms with Gasteiger partial charge in [-0.3, -0.25) is 4.79 Å². The highest BCUT2D eigenvalue weighted by Gasteiger charge is 2.54. The van der Waals surface area contributed by atoms with Gasteiger partial charge in [-0.2, -0.15) is 13.8 Å². The molecule has 6 rings (SSSR count). The second kappa shape index (κ2) is 8.70. The molecule has 0 spiro atoms. The second-order valence-electron chi connectivity index (χ2n) is 12.5. The van der Waals surface area contributed by atoms with Crippen LogP contribution in [0, 0.1) is 11.3 Å². The number of halogens is 2. The minimum Gasteiger partial charge on any atom is -0.390 e. The zero-order chi connectivity index (χ0) is 26.9. The van der Waals surface area contributed by atoms with E-state index in [9.17, 15) is 23.2 Å². The first kappa shape index (κ1) is 26.5. The molecule has 4 aliphatic rings. The van der Waals surface area contributed by atoms with Gasteiger partial charge in [0.05, 0.1) is 5.60 Å². The molecule has 1 heterocycles. The number of aliphatic hydroxyl groups is 1. The molecule has 37 heavy (non-hydrogen) atoms. The number of hydrogen-bond donors (Lipinski definition) is 1. The van der Waals surface area contributed by atoms with Crippen molar-refractivity contribution in [2.45, 2.75) is 82.2 Å². The van der Waals surface area contributed by atoms with Gasteiger partial charge in [-0.25, -0.2) is 0 Å². The smallest absolute Gasteiger partial charge is 0.322 e. The molecule has 4 fully saturated rings. The maximum atomic E-state index is 13.7. The molecule has 202 valence electrons. The van der Waals surface area contributed by atoms with Crippen LogP contribution in [0.5, 0.6) is 0 Å². The molecular formula is C27H36F2N3O4P. The highest BCUT2D eigenvalue weighted by atomic mass is 31.2. The van der Waals surface area contributed by atoms with E-state index >= 15 is 0 Å². The molecular weight excluding hydrogens is 499 g/mol. The lowest BCUT2D eigenvalue weighted by atomic mass is 9.53. The van der Waals surface area contributed by atoms with Crippen LogP contribution in [0.4, 0.5) is 14.5 Å². The topological polar surface area (TPSA) is 96.5 Å². The van der Waals surface area contributed by atoms with Crippen LogP contribution in [0.25, 0.3) is 0 Å². The number of rotatable bonds is 7. The van der Waals surface area contributed by atoms with Crippen LogP contribution in [-0.4, -0.2) is 46.6 Å². The summed E-state index contributed by atoms with van der Waals surface area (Å²) in [7, 11) is -2.52. The number of carbonyl (C=O) groups excluding carboxylic acids is 1. The van der Waals surface area contributed by atoms with Crippen LogP contribution in [0.1, 0.15) is 76.9 Å². The van der Waals surface area contributed by atoms with E-state index in [1.807, 2.05) is 29.2 Å². The summed E-state index contributed by atoms with van der Waals surface area (Å²) < 4.78 is 45.1. The normalized spacial score (nSPS) is 31.7. The summed E-state index contributed by atoms with van der Waals surface area (Å²) in [6, 6.07) is 7.46. The molecule has 10 heteroatoms. The van der Waals surface area contributed by atoms with Crippen molar-refractivity contribution < 1.29 is 27.8 Å². The lowest BCUT2D eigenvalue weighted by Gasteiger charge is -2.54. The molecule has 0 saturated heterocycles. The predicted octanol–water partition coefficient (Wildman–Crippen LogP) is 5.22. The molecule has 0 aliphatic heterocycles. The number of amides is 1. The van der Waals surface area contributed by atoms with Crippen molar-refractivity contribution in [2.75, 3.05) is 24.8 Å². The second-order valence-corrected chi connectivity index (χ2v) is 15.7. The molecule has 7 nitrogen and oxygen atoms in total. The Morgan fingerprint density at radius 1 is 1.19 bits per heavy atom. The summed E-state index contributed by atoms with van der Waals surface area (Å²) >= 11 is 0. The Morgan fingerprint density at radius 2 is 1.81 bits per heavy atom. The quantitative estimate of drug-likeness (QED) is 0.489. The van der Waals surface area contributed by atoms with Crippen LogP contribution >= 0.6 is 7.14 Å². The molecule has 4 aliphatic carbocycles. The van der Waals surface area contributed by atoms with E-state index in [0.717, 1.165) is 56.4 Å². The highest BCUT2D eigenvalue weighted by molar-refractivity contribution is 7.70. The zero-order valence-electron chi connectivity index (χ0n) is 22.0. The Labute approximate surface area is 216 Å². The molecule has 1 aromatic heterocycles. The maximum Gasteiger partial charge on any atom is 0.322 e. The molecule has 2 bridgehead atoms. The zero-order valence-corrected chi connectivity index (χ0v) is 22.9. The number of anilines is 1. The van der Waals surface area contributed by atoms with E-state index in [0.29, 0.717) is 25.2 Å². The summed E-state index contributed by atoms with van der Waals surface area (Å²) in [5, 5.41) is 14.9. The van der Waals surface area contributed by atoms with Crippen LogP contribution in [0.15, 0.2) is 28.8 Å². The van der Waals surface area contributed by atoms with Crippen molar-refractivity contribution >= 4 is 24.0 Å². The summed E-state index contributed by atoms with van der Waals surface area (Å²) in [6.45, 7) is 6.49. The Bertz CT molecular complexity index is 1220. The summed E-state index contributed by atoms with van der Waals surface area (Å²) in [4.78, 5) is 19.7. The van der Waals surface area contributed by atoms with Gasteiger partial charge in [-0.05, 0) is 89.2 Å². The standard InChI is InChI=1S/C27H36F2N3O4P/c1-24(34)15-18(16-24)21(33)32(19-6-5-7-20(14-19)37(3,4)35)17-26-8-11-27(12-9-26,13-10-26)22-30-23(36-31-22)25(2,28)29/h5-7,14,18,34H,8-13,15-17H2,1-4H3. The van der Waals surface area contributed by atoms with Crippen molar-refractivity contribution in [3.8, 4) is 0 Å². The van der Waals surface area contributed by atoms with Gasteiger partial charge in [0.2, 0.25) is 5.91 Å². The van der Waals surface area contributed by atoms with Crippen molar-refractivity contribution in [2.24, 2.45) is 11.3 Å². The fourth-order valence-electron chi connectivity index (χ4n) is 6.48. The Hall–Kier alpha value is -2.12. The van der Waals surface area contributed by atoms with E-state index in [-0.39, 0.29) is 22.7 Å². The van der Waals surface area contributed by atoms with Crippen molar-refractivity contribution in [1.29, 1.82) is 0 Å². The molecule has 4 saturated carbocycles. The third-order valence-corrected chi connectivity index (χ3v) is 10.4. The van der Waals surface area contributed by atoms with Crippen LogP contribution in [0.2, 0.25) is 0 Å². The molecule has 0 unspecified atom stereocenters. The van der Waals surface area contributed by atoms with Crippen molar-refractivity contribution in [3.05, 3.63) is 36.0 Å². The lowest BCUT2D eigenvalue weighted by molar-refractivity contribution is -0.137. The number of carbonyl (C=O) groups is 1. The van der Waals surface area contributed by atoms with Gasteiger partial charge in [0.1, 0.15) is 7.14 Å². The van der Waals surface area contributed by atoms with Gasteiger partial charge >= 0.3 is 5.92 Å². The Kier molecular flexibility index (Phi) is 6.23. The fourth-order valence-corrected chi connectivity index (χ4v) is 7.37. The Balaban J connectivity index is 1.39. The van der Waals surface area contributed by atoms with E-state index in [4.69, 9.17) is 4.52 Å². The van der Waals surface area contributed by atoms with E-state index in [1.54, 1.807) is 20.3 Å². The third-order valence-electron chi connectivity index (χ3n) is 8.92.